The van der Waals surface area contributed by atoms with Gasteiger partial charge in [-0.1, -0.05) is 13.0 Å². The Morgan fingerprint density at radius 3 is 2.80 bits per heavy atom. The van der Waals surface area contributed by atoms with Crippen molar-refractivity contribution in [2.24, 2.45) is 0 Å². The van der Waals surface area contributed by atoms with Gasteiger partial charge in [0, 0.05) is 32.3 Å². The lowest BCUT2D eigenvalue weighted by Gasteiger charge is -2.30. The lowest BCUT2D eigenvalue weighted by Crippen LogP contribution is -2.36. The predicted molar refractivity (Wildman–Crippen MR) is 81.5 cm³/mol. The van der Waals surface area contributed by atoms with Crippen LogP contribution < -0.4 is 5.32 Å². The molecule has 20 heavy (non-hydrogen) atoms. The molecule has 0 radical (unpaired) electrons. The number of nitrogens with zero attached hydrogens (tertiary/aromatic N) is 2. The first-order valence-electron chi connectivity index (χ1n) is 7.73. The van der Waals surface area contributed by atoms with E-state index < -0.39 is 0 Å². The Labute approximate surface area is 122 Å². The second-order valence-corrected chi connectivity index (χ2v) is 5.56. The van der Waals surface area contributed by atoms with Crippen molar-refractivity contribution in [1.82, 2.24) is 15.2 Å². The summed E-state index contributed by atoms with van der Waals surface area (Å²) in [6, 6.07) is 6.97. The monoisotopic (exact) mass is 277 g/mol. The van der Waals surface area contributed by atoms with Gasteiger partial charge in [0.2, 0.25) is 0 Å². The van der Waals surface area contributed by atoms with Crippen LogP contribution in [0.15, 0.2) is 18.2 Å². The standard InChI is InChI=1S/C16H27N3O/c1-3-9-17-12-14-5-4-6-15(18-14)13-19(2)16-7-10-20-11-8-16/h4-6,16-17H,3,7-13H2,1-2H3. The fourth-order valence-corrected chi connectivity index (χ4v) is 2.62. The van der Waals surface area contributed by atoms with Crippen molar-refractivity contribution in [2.75, 3.05) is 26.8 Å². The first-order valence-corrected chi connectivity index (χ1v) is 7.73. The fourth-order valence-electron chi connectivity index (χ4n) is 2.62. The summed E-state index contributed by atoms with van der Waals surface area (Å²) < 4.78 is 5.42. The van der Waals surface area contributed by atoms with E-state index in [4.69, 9.17) is 9.72 Å². The van der Waals surface area contributed by atoms with Gasteiger partial charge in [-0.15, -0.1) is 0 Å². The molecule has 0 saturated carbocycles. The summed E-state index contributed by atoms with van der Waals surface area (Å²) in [5, 5.41) is 3.40. The van der Waals surface area contributed by atoms with Crippen molar-refractivity contribution >= 4 is 0 Å². The predicted octanol–water partition coefficient (Wildman–Crippen LogP) is 2.19. The molecule has 2 rings (SSSR count). The maximum Gasteiger partial charge on any atom is 0.0547 e. The zero-order valence-electron chi connectivity index (χ0n) is 12.8. The molecule has 1 fully saturated rings. The molecule has 1 aliphatic rings. The summed E-state index contributed by atoms with van der Waals surface area (Å²) in [6.45, 7) is 6.80. The molecule has 0 aliphatic carbocycles. The molecule has 2 heterocycles. The van der Waals surface area contributed by atoms with Crippen molar-refractivity contribution in [3.63, 3.8) is 0 Å². The van der Waals surface area contributed by atoms with Crippen LogP contribution >= 0.6 is 0 Å². The van der Waals surface area contributed by atoms with E-state index in [1.807, 2.05) is 0 Å². The highest BCUT2D eigenvalue weighted by Gasteiger charge is 2.18. The van der Waals surface area contributed by atoms with E-state index in [9.17, 15) is 0 Å². The highest BCUT2D eigenvalue weighted by molar-refractivity contribution is 5.11. The van der Waals surface area contributed by atoms with E-state index in [0.717, 1.165) is 63.5 Å². The molecule has 0 amide bonds. The quantitative estimate of drug-likeness (QED) is 0.775. The summed E-state index contributed by atoms with van der Waals surface area (Å²) >= 11 is 0. The van der Waals surface area contributed by atoms with Gasteiger partial charge in [-0.3, -0.25) is 9.88 Å². The van der Waals surface area contributed by atoms with E-state index in [1.54, 1.807) is 0 Å². The Balaban J connectivity index is 1.86. The SMILES string of the molecule is CCCNCc1cccc(CN(C)C2CCOCC2)n1. The number of nitrogens with one attached hydrogen (secondary N) is 1. The second kappa shape index (κ2) is 8.35. The Kier molecular flexibility index (Phi) is 6.43. The molecule has 4 heteroatoms. The fraction of sp³-hybridized carbons (Fsp3) is 0.688. The molecule has 1 aliphatic heterocycles. The minimum atomic E-state index is 0.632. The van der Waals surface area contributed by atoms with Gasteiger partial charge in [0.15, 0.2) is 0 Å². The Morgan fingerprint density at radius 1 is 1.30 bits per heavy atom. The summed E-state index contributed by atoms with van der Waals surface area (Å²) in [6.07, 6.45) is 3.43. The number of hydrogen-bond acceptors (Lipinski definition) is 4. The van der Waals surface area contributed by atoms with Crippen molar-refractivity contribution in [3.05, 3.63) is 29.6 Å². The molecule has 1 aromatic rings. The van der Waals surface area contributed by atoms with Gasteiger partial charge >= 0.3 is 0 Å². The Hall–Kier alpha value is -0.970. The minimum absolute atomic E-state index is 0.632. The van der Waals surface area contributed by atoms with Gasteiger partial charge < -0.3 is 10.1 Å². The van der Waals surface area contributed by atoms with Crippen LogP contribution in [0.5, 0.6) is 0 Å². The van der Waals surface area contributed by atoms with E-state index in [1.165, 1.54) is 0 Å². The molecular formula is C16H27N3O. The third-order valence-electron chi connectivity index (χ3n) is 3.82. The van der Waals surface area contributed by atoms with Gasteiger partial charge in [-0.05, 0) is 45.0 Å². The number of pyridine rings is 1. The van der Waals surface area contributed by atoms with Gasteiger partial charge in [-0.25, -0.2) is 0 Å². The molecule has 112 valence electrons. The number of hydrogen-bond donors (Lipinski definition) is 1. The van der Waals surface area contributed by atoms with E-state index in [2.05, 4.69) is 42.4 Å². The van der Waals surface area contributed by atoms with Crippen molar-refractivity contribution in [1.29, 1.82) is 0 Å². The molecule has 1 N–H and O–H groups in total. The summed E-state index contributed by atoms with van der Waals surface area (Å²) in [4.78, 5) is 7.15. The Morgan fingerprint density at radius 2 is 2.05 bits per heavy atom. The van der Waals surface area contributed by atoms with Crippen LogP contribution in [0.2, 0.25) is 0 Å². The molecule has 4 nitrogen and oxygen atoms in total. The van der Waals surface area contributed by atoms with Crippen LogP contribution in [0.25, 0.3) is 0 Å². The molecule has 1 saturated heterocycles. The van der Waals surface area contributed by atoms with E-state index in [0.29, 0.717) is 6.04 Å². The normalized spacial score (nSPS) is 16.8. The second-order valence-electron chi connectivity index (χ2n) is 5.56. The number of rotatable bonds is 7. The molecule has 0 aromatic carbocycles. The zero-order chi connectivity index (χ0) is 14.2. The smallest absolute Gasteiger partial charge is 0.0547 e. The molecule has 1 aromatic heterocycles. The maximum atomic E-state index is 5.42. The summed E-state index contributed by atoms with van der Waals surface area (Å²) in [7, 11) is 2.19. The lowest BCUT2D eigenvalue weighted by molar-refractivity contribution is 0.0403. The van der Waals surface area contributed by atoms with Crippen LogP contribution in [0.4, 0.5) is 0 Å². The van der Waals surface area contributed by atoms with Gasteiger partial charge in [0.1, 0.15) is 0 Å². The molecule has 0 unspecified atom stereocenters. The van der Waals surface area contributed by atoms with Crippen molar-refractivity contribution in [2.45, 2.75) is 45.3 Å². The average Bonchev–Trinajstić information content (AvgIpc) is 2.49. The van der Waals surface area contributed by atoms with Gasteiger partial charge in [-0.2, -0.15) is 0 Å². The highest BCUT2D eigenvalue weighted by atomic mass is 16.5. The number of aromatic nitrogens is 1. The molecule has 0 spiro atoms. The summed E-state index contributed by atoms with van der Waals surface area (Å²) in [5.41, 5.74) is 2.30. The first-order chi connectivity index (χ1) is 9.79. The van der Waals surface area contributed by atoms with E-state index in [-0.39, 0.29) is 0 Å². The van der Waals surface area contributed by atoms with Crippen molar-refractivity contribution in [3.8, 4) is 0 Å². The van der Waals surface area contributed by atoms with Crippen LogP contribution in [0, 0.1) is 0 Å². The summed E-state index contributed by atoms with van der Waals surface area (Å²) in [5.74, 6) is 0. The molecule has 0 bridgehead atoms. The third kappa shape index (κ3) is 4.85. The van der Waals surface area contributed by atoms with Crippen LogP contribution in [-0.4, -0.2) is 42.7 Å². The lowest BCUT2D eigenvalue weighted by atomic mass is 10.1. The Bertz CT molecular complexity index is 391. The van der Waals surface area contributed by atoms with Gasteiger partial charge in [0.05, 0.1) is 11.4 Å². The third-order valence-corrected chi connectivity index (χ3v) is 3.82. The van der Waals surface area contributed by atoms with Crippen LogP contribution in [0.1, 0.15) is 37.6 Å². The van der Waals surface area contributed by atoms with Crippen LogP contribution in [0.3, 0.4) is 0 Å². The van der Waals surface area contributed by atoms with Gasteiger partial charge in [0.25, 0.3) is 0 Å². The average molecular weight is 277 g/mol. The minimum Gasteiger partial charge on any atom is -0.381 e. The molecular weight excluding hydrogens is 250 g/mol. The first kappa shape index (κ1) is 15.4. The zero-order valence-corrected chi connectivity index (χ0v) is 12.8. The number of ether oxygens (including phenoxy) is 1. The maximum absolute atomic E-state index is 5.42. The topological polar surface area (TPSA) is 37.4 Å². The largest absolute Gasteiger partial charge is 0.381 e. The van der Waals surface area contributed by atoms with Crippen molar-refractivity contribution < 1.29 is 4.74 Å². The molecule has 0 atom stereocenters. The van der Waals surface area contributed by atoms with Crippen LogP contribution in [-0.2, 0) is 17.8 Å². The van der Waals surface area contributed by atoms with E-state index >= 15 is 0 Å². The highest BCUT2D eigenvalue weighted by Crippen LogP contribution is 2.15.